The molecule has 0 aliphatic rings. The van der Waals surface area contributed by atoms with E-state index in [1.165, 1.54) is 51.4 Å². The lowest BCUT2D eigenvalue weighted by Gasteiger charge is -2.35. The van der Waals surface area contributed by atoms with E-state index in [0.717, 1.165) is 12.8 Å². The number of carbonyl (C=O) groups is 2. The summed E-state index contributed by atoms with van der Waals surface area (Å²) in [6, 6.07) is 0. The van der Waals surface area contributed by atoms with Crippen LogP contribution in [0.15, 0.2) is 0 Å². The molecule has 2 unspecified atom stereocenters. The Morgan fingerprint density at radius 2 is 1.38 bits per heavy atom. The van der Waals surface area contributed by atoms with Crippen molar-refractivity contribution in [2.75, 3.05) is 27.7 Å². The number of quaternary nitrogens is 1. The molecule has 0 saturated carbocycles. The molecule has 0 saturated heterocycles. The summed E-state index contributed by atoms with van der Waals surface area (Å²) < 4.78 is 0.323. The normalized spacial score (nSPS) is 14.0. The van der Waals surface area contributed by atoms with Crippen LogP contribution in [0.2, 0.25) is 0 Å². The minimum Gasteiger partial charge on any atom is -0.550 e. The molecule has 0 radical (unpaired) electrons. The Morgan fingerprint density at radius 1 is 0.923 bits per heavy atom. The zero-order valence-corrected chi connectivity index (χ0v) is 17.4. The molecule has 0 rings (SSSR count). The van der Waals surface area contributed by atoms with Crippen LogP contribution in [0, 0.1) is 5.92 Å². The Kier molecular flexibility index (Phi) is 13.4. The Hall–Kier alpha value is -1.14. The fourth-order valence-corrected chi connectivity index (χ4v) is 3.04. The van der Waals surface area contributed by atoms with Gasteiger partial charge in [-0.15, -0.1) is 0 Å². The third-order valence-corrected chi connectivity index (χ3v) is 4.86. The molecule has 1 amide bonds. The van der Waals surface area contributed by atoms with Gasteiger partial charge in [0.05, 0.1) is 21.1 Å². The number of carbonyl (C=O) groups excluding carboxylic acids is 2. The number of unbranched alkanes of at least 4 members (excludes halogenated alkanes) is 9. The molecule has 0 heterocycles. The molecule has 3 N–H and O–H groups in total. The van der Waals surface area contributed by atoms with Gasteiger partial charge in [0, 0.05) is 18.9 Å². The van der Waals surface area contributed by atoms with Crippen molar-refractivity contribution in [3.63, 3.8) is 0 Å². The summed E-state index contributed by atoms with van der Waals surface area (Å²) in [5, 5.41) is 13.8. The van der Waals surface area contributed by atoms with Crippen LogP contribution in [0.25, 0.3) is 0 Å². The number of carboxylic acids is 1. The summed E-state index contributed by atoms with van der Waals surface area (Å²) in [5.74, 6) is -2.30. The van der Waals surface area contributed by atoms with Gasteiger partial charge in [0.25, 0.3) is 0 Å². The van der Waals surface area contributed by atoms with Gasteiger partial charge in [-0.25, -0.2) is 0 Å². The number of hydrogen-bond acceptors (Lipinski definition) is 4. The highest BCUT2D eigenvalue weighted by molar-refractivity contribution is 5.83. The second kappa shape index (κ2) is 14.0. The number of hydrogen-bond donors (Lipinski definition) is 2. The van der Waals surface area contributed by atoms with E-state index in [1.54, 1.807) is 0 Å². The van der Waals surface area contributed by atoms with Gasteiger partial charge in [0.1, 0.15) is 5.92 Å². The quantitative estimate of drug-likeness (QED) is 0.245. The van der Waals surface area contributed by atoms with E-state index < -0.39 is 18.1 Å². The lowest BCUT2D eigenvalue weighted by atomic mass is 9.99. The highest BCUT2D eigenvalue weighted by atomic mass is 16.4. The topological polar surface area (TPSA) is 95.2 Å². The van der Waals surface area contributed by atoms with E-state index >= 15 is 0 Å². The first kappa shape index (κ1) is 24.9. The summed E-state index contributed by atoms with van der Waals surface area (Å²) in [6.45, 7) is 2.80. The predicted octanol–water partition coefficient (Wildman–Crippen LogP) is 1.77. The van der Waals surface area contributed by atoms with Crippen molar-refractivity contribution in [2.24, 2.45) is 11.7 Å². The van der Waals surface area contributed by atoms with E-state index in [2.05, 4.69) is 12.2 Å². The van der Waals surface area contributed by atoms with Crippen molar-refractivity contribution in [2.45, 2.75) is 83.7 Å². The molecule has 0 aromatic heterocycles. The zero-order valence-electron chi connectivity index (χ0n) is 17.4. The summed E-state index contributed by atoms with van der Waals surface area (Å²) in [4.78, 5) is 23.3. The molecule has 0 spiro atoms. The fraction of sp³-hybridized carbons (Fsp3) is 0.900. The third-order valence-electron chi connectivity index (χ3n) is 4.86. The van der Waals surface area contributed by atoms with Gasteiger partial charge in [-0.3, -0.25) is 10.5 Å². The first-order chi connectivity index (χ1) is 12.2. The Bertz CT molecular complexity index is 394. The summed E-state index contributed by atoms with van der Waals surface area (Å²) in [6.07, 6.45) is 11.5. The van der Waals surface area contributed by atoms with Crippen molar-refractivity contribution in [1.29, 1.82) is 0 Å². The van der Waals surface area contributed by atoms with Crippen LogP contribution >= 0.6 is 0 Å². The Labute approximate surface area is 160 Å². The highest BCUT2D eigenvalue weighted by Gasteiger charge is 2.34. The van der Waals surface area contributed by atoms with Gasteiger partial charge in [-0.1, -0.05) is 64.7 Å². The van der Waals surface area contributed by atoms with Crippen molar-refractivity contribution in [3.8, 4) is 0 Å². The number of aliphatic carboxylic acids is 1. The maximum absolute atomic E-state index is 12.3. The van der Waals surface area contributed by atoms with Gasteiger partial charge in [-0.2, -0.15) is 0 Å². The van der Waals surface area contributed by atoms with Crippen molar-refractivity contribution in [3.05, 3.63) is 0 Å². The van der Waals surface area contributed by atoms with E-state index in [-0.39, 0.29) is 12.3 Å². The Morgan fingerprint density at radius 3 is 1.81 bits per heavy atom. The number of nitrogens with one attached hydrogen (secondary N) is 1. The van der Waals surface area contributed by atoms with Crippen LogP contribution in [-0.2, 0) is 9.59 Å². The molecule has 0 aromatic carbocycles. The average Bonchev–Trinajstić information content (AvgIpc) is 2.55. The molecule has 2 atom stereocenters. The number of carboxylic acid groups (broad SMARTS) is 1. The lowest BCUT2D eigenvalue weighted by Crippen LogP contribution is -2.59. The van der Waals surface area contributed by atoms with Crippen LogP contribution in [0.1, 0.15) is 77.6 Å². The predicted molar refractivity (Wildman–Crippen MR) is 104 cm³/mol. The molecule has 0 aliphatic carbocycles. The third kappa shape index (κ3) is 12.3. The number of amides is 1. The summed E-state index contributed by atoms with van der Waals surface area (Å²) >= 11 is 0. The number of nitrogens with two attached hydrogens (primary N) is 1. The van der Waals surface area contributed by atoms with Gasteiger partial charge < -0.3 is 19.7 Å². The monoisotopic (exact) mass is 371 g/mol. The first-order valence-corrected chi connectivity index (χ1v) is 10.2. The maximum atomic E-state index is 12.3. The number of nitrogens with zero attached hydrogens (tertiary/aromatic N) is 1. The van der Waals surface area contributed by atoms with Crippen LogP contribution in [-0.4, -0.2) is 50.2 Å². The second-order valence-electron chi connectivity index (χ2n) is 8.26. The smallest absolute Gasteiger partial charge is 0.231 e. The van der Waals surface area contributed by atoms with Gasteiger partial charge in [0.2, 0.25) is 5.91 Å². The fourth-order valence-electron chi connectivity index (χ4n) is 3.04. The molecule has 0 aliphatic heterocycles. The van der Waals surface area contributed by atoms with Crippen LogP contribution in [0.3, 0.4) is 0 Å². The van der Waals surface area contributed by atoms with E-state index in [1.807, 2.05) is 21.1 Å². The molecule has 0 bridgehead atoms. The number of rotatable bonds is 16. The van der Waals surface area contributed by atoms with Gasteiger partial charge >= 0.3 is 0 Å². The van der Waals surface area contributed by atoms with Crippen LogP contribution < -0.4 is 16.2 Å². The molecular formula is C20H41N3O3. The minimum absolute atomic E-state index is 0.286. The molecule has 0 aromatic rings. The molecular weight excluding hydrogens is 330 g/mol. The van der Waals surface area contributed by atoms with Crippen molar-refractivity contribution < 1.29 is 19.2 Å². The SMILES string of the molecule is CCCCCCCCCCCCNC(=O)C(CC(=O)[O-])C(N)[N+](C)(C)C. The molecule has 154 valence electrons. The van der Waals surface area contributed by atoms with Crippen LogP contribution in [0.4, 0.5) is 0 Å². The minimum atomic E-state index is -1.24. The van der Waals surface area contributed by atoms with Crippen molar-refractivity contribution >= 4 is 11.9 Å². The molecule has 6 heteroatoms. The summed E-state index contributed by atoms with van der Waals surface area (Å²) in [5.41, 5.74) is 6.09. The van der Waals surface area contributed by atoms with Crippen molar-refractivity contribution in [1.82, 2.24) is 5.32 Å². The molecule has 6 nitrogen and oxygen atoms in total. The zero-order chi connectivity index (χ0) is 20.0. The van der Waals surface area contributed by atoms with E-state index in [9.17, 15) is 14.7 Å². The Balaban J connectivity index is 3.94. The average molecular weight is 372 g/mol. The summed E-state index contributed by atoms with van der Waals surface area (Å²) in [7, 11) is 5.55. The maximum Gasteiger partial charge on any atom is 0.231 e. The van der Waals surface area contributed by atoms with Gasteiger partial charge in [-0.05, 0) is 6.42 Å². The van der Waals surface area contributed by atoms with Gasteiger partial charge in [0.15, 0.2) is 6.17 Å². The standard InChI is InChI=1S/C20H41N3O3/c1-5-6-7-8-9-10-11-12-13-14-15-22-20(26)17(16-18(24)25)19(21)23(2,3)4/h17,19H,5-16,21H2,1-4H3,(H-,22,24,25,26). The first-order valence-electron chi connectivity index (χ1n) is 10.2. The largest absolute Gasteiger partial charge is 0.550 e. The molecule has 26 heavy (non-hydrogen) atoms. The highest BCUT2D eigenvalue weighted by Crippen LogP contribution is 2.14. The lowest BCUT2D eigenvalue weighted by molar-refractivity contribution is -0.898. The molecule has 0 fully saturated rings. The van der Waals surface area contributed by atoms with Crippen LogP contribution in [0.5, 0.6) is 0 Å². The van der Waals surface area contributed by atoms with E-state index in [0.29, 0.717) is 11.0 Å². The van der Waals surface area contributed by atoms with E-state index in [4.69, 9.17) is 5.73 Å². The second-order valence-corrected chi connectivity index (χ2v) is 8.26.